The van der Waals surface area contributed by atoms with Gasteiger partial charge in [0.2, 0.25) is 0 Å². The van der Waals surface area contributed by atoms with Gasteiger partial charge < -0.3 is 15.2 Å². The maximum absolute atomic E-state index is 15.2. The fourth-order valence-corrected chi connectivity index (χ4v) is 7.72. The number of hydrogen-bond donors (Lipinski definition) is 2. The molecule has 1 aromatic heterocycles. The van der Waals surface area contributed by atoms with Gasteiger partial charge in [-0.25, -0.2) is 13.6 Å². The largest absolute Gasteiger partial charge is 0.493 e. The van der Waals surface area contributed by atoms with Crippen molar-refractivity contribution in [2.45, 2.75) is 82.1 Å². The van der Waals surface area contributed by atoms with Crippen LogP contribution >= 0.6 is 11.6 Å². The van der Waals surface area contributed by atoms with E-state index in [4.69, 9.17) is 16.3 Å². The van der Waals surface area contributed by atoms with E-state index in [9.17, 15) is 14.3 Å². The number of hydrogen-bond acceptors (Lipinski definition) is 4. The molecule has 0 bridgehead atoms. The third-order valence-corrected chi connectivity index (χ3v) is 10.1. The molecule has 2 N–H and O–H groups in total. The number of aromatic nitrogens is 1. The van der Waals surface area contributed by atoms with Crippen LogP contribution in [0, 0.1) is 17.6 Å². The van der Waals surface area contributed by atoms with Crippen molar-refractivity contribution < 1.29 is 23.4 Å². The highest BCUT2D eigenvalue weighted by Crippen LogP contribution is 2.55. The lowest BCUT2D eigenvalue weighted by molar-refractivity contribution is -0.143. The standard InChI is InChI=1S/C35H37ClF2N2O3/c1-21(20-43-30-11-16-39-29-8-3-5-22(2)31(29)30)17-23-18-26-27(9-10-28(37)32(26)38)34(23)12-14-35(15-13-34,33(41)42)40-25-7-4-6-24(36)19-25/h4,6-7,9-11,16,18-19,21-22,40H,3,5,8,12-15,17,20H2,1-2H3,(H,41,42)/t21-,22-,34?,35?/m1/s1. The van der Waals surface area contributed by atoms with Crippen molar-refractivity contribution in [3.8, 4) is 5.75 Å². The van der Waals surface area contributed by atoms with Crippen LogP contribution in [0.1, 0.15) is 87.1 Å². The van der Waals surface area contributed by atoms with E-state index in [-0.39, 0.29) is 11.5 Å². The number of halogens is 3. The van der Waals surface area contributed by atoms with Gasteiger partial charge in [0.25, 0.3) is 0 Å². The maximum Gasteiger partial charge on any atom is 0.329 e. The third kappa shape index (κ3) is 5.41. The number of aliphatic carboxylic acids is 1. The average Bonchev–Trinajstić information content (AvgIpc) is 3.28. The van der Waals surface area contributed by atoms with Crippen LogP contribution in [0.3, 0.4) is 0 Å². The summed E-state index contributed by atoms with van der Waals surface area (Å²) in [6.45, 7) is 4.80. The molecule has 2 aromatic carbocycles. The Labute approximate surface area is 256 Å². The molecule has 3 aromatic rings. The van der Waals surface area contributed by atoms with Crippen LogP contribution in [0.4, 0.5) is 14.5 Å². The molecule has 3 aliphatic carbocycles. The SMILES string of the molecule is C[C@@H](COc1ccnc2c1[C@H](C)CCC2)CC1=Cc2c(ccc(F)c2F)C12CCC(Nc1cccc(Cl)c1)(C(=O)O)CC2. The minimum absolute atomic E-state index is 0.0869. The lowest BCUT2D eigenvalue weighted by atomic mass is 9.61. The van der Waals surface area contributed by atoms with Gasteiger partial charge in [-0.15, -0.1) is 0 Å². The van der Waals surface area contributed by atoms with Crippen molar-refractivity contribution in [1.29, 1.82) is 0 Å². The van der Waals surface area contributed by atoms with E-state index in [1.165, 1.54) is 11.6 Å². The van der Waals surface area contributed by atoms with Crippen molar-refractivity contribution in [2.75, 3.05) is 11.9 Å². The van der Waals surface area contributed by atoms with E-state index >= 15 is 4.39 Å². The molecule has 3 aliphatic rings. The van der Waals surface area contributed by atoms with Crippen molar-refractivity contribution in [3.63, 3.8) is 0 Å². The van der Waals surface area contributed by atoms with Gasteiger partial charge in [0.15, 0.2) is 11.6 Å². The number of anilines is 1. The first-order valence-electron chi connectivity index (χ1n) is 15.2. The molecule has 0 saturated heterocycles. The lowest BCUT2D eigenvalue weighted by Gasteiger charge is -2.46. The summed E-state index contributed by atoms with van der Waals surface area (Å²) in [6, 6.07) is 11.9. The molecule has 1 saturated carbocycles. The van der Waals surface area contributed by atoms with Gasteiger partial charge in [0.1, 0.15) is 11.3 Å². The Kier molecular flexibility index (Phi) is 7.97. The first-order valence-corrected chi connectivity index (χ1v) is 15.6. The average molecular weight is 607 g/mol. The number of carbonyl (C=O) groups is 1. The predicted octanol–water partition coefficient (Wildman–Crippen LogP) is 8.70. The molecule has 0 aliphatic heterocycles. The number of aryl methyl sites for hydroxylation is 1. The summed E-state index contributed by atoms with van der Waals surface area (Å²) in [5.74, 6) is -1.30. The van der Waals surface area contributed by atoms with Crippen LogP contribution in [0.5, 0.6) is 5.75 Å². The Bertz CT molecular complexity index is 1580. The van der Waals surface area contributed by atoms with Crippen LogP contribution in [0.25, 0.3) is 6.08 Å². The summed E-state index contributed by atoms with van der Waals surface area (Å²) in [5.41, 5.74) is 3.22. The summed E-state index contributed by atoms with van der Waals surface area (Å²) in [5, 5.41) is 14.1. The van der Waals surface area contributed by atoms with Crippen molar-refractivity contribution in [1.82, 2.24) is 4.98 Å². The number of ether oxygens (including phenoxy) is 1. The van der Waals surface area contributed by atoms with Crippen LogP contribution < -0.4 is 10.1 Å². The van der Waals surface area contributed by atoms with Crippen LogP contribution in [-0.2, 0) is 16.6 Å². The van der Waals surface area contributed by atoms with Gasteiger partial charge >= 0.3 is 5.97 Å². The van der Waals surface area contributed by atoms with Gasteiger partial charge in [-0.3, -0.25) is 4.98 Å². The van der Waals surface area contributed by atoms with E-state index in [0.29, 0.717) is 55.3 Å². The molecule has 5 nitrogen and oxygen atoms in total. The molecule has 1 heterocycles. The van der Waals surface area contributed by atoms with E-state index < -0.39 is 28.6 Å². The second kappa shape index (κ2) is 11.6. The number of nitrogens with zero attached hydrogens (tertiary/aromatic N) is 1. The highest BCUT2D eigenvalue weighted by molar-refractivity contribution is 6.30. The normalized spacial score (nSPS) is 25.0. The van der Waals surface area contributed by atoms with E-state index in [0.717, 1.165) is 41.8 Å². The number of carboxylic acids is 1. The number of fused-ring (bicyclic) bond motifs is 3. The predicted molar refractivity (Wildman–Crippen MR) is 165 cm³/mol. The highest BCUT2D eigenvalue weighted by Gasteiger charge is 2.52. The Morgan fingerprint density at radius 3 is 2.72 bits per heavy atom. The zero-order chi connectivity index (χ0) is 30.4. The molecule has 6 rings (SSSR count). The number of rotatable bonds is 8. The van der Waals surface area contributed by atoms with Gasteiger partial charge in [-0.05, 0) is 99.1 Å². The van der Waals surface area contributed by atoms with Crippen LogP contribution in [0.2, 0.25) is 5.02 Å². The lowest BCUT2D eigenvalue weighted by Crippen LogP contribution is -2.52. The van der Waals surface area contributed by atoms with Crippen molar-refractivity contribution in [3.05, 3.63) is 93.3 Å². The zero-order valence-corrected chi connectivity index (χ0v) is 25.3. The minimum atomic E-state index is -1.20. The van der Waals surface area contributed by atoms with E-state index in [1.54, 1.807) is 36.4 Å². The topological polar surface area (TPSA) is 71.5 Å². The van der Waals surface area contributed by atoms with Crippen LogP contribution in [0.15, 0.2) is 54.2 Å². The Morgan fingerprint density at radius 2 is 1.98 bits per heavy atom. The fraction of sp³-hybridized carbons (Fsp3) is 0.429. The summed E-state index contributed by atoms with van der Waals surface area (Å²) in [6.07, 6.45) is 9.06. The zero-order valence-electron chi connectivity index (χ0n) is 24.6. The smallest absolute Gasteiger partial charge is 0.329 e. The van der Waals surface area contributed by atoms with E-state index in [1.807, 2.05) is 12.3 Å². The maximum atomic E-state index is 15.2. The highest BCUT2D eigenvalue weighted by atomic mass is 35.5. The monoisotopic (exact) mass is 606 g/mol. The van der Waals surface area contributed by atoms with Crippen molar-refractivity contribution in [2.24, 2.45) is 5.92 Å². The first-order chi connectivity index (χ1) is 20.6. The van der Waals surface area contributed by atoms with Gasteiger partial charge in [0.05, 0.1) is 6.61 Å². The summed E-state index contributed by atoms with van der Waals surface area (Å²) >= 11 is 6.17. The summed E-state index contributed by atoms with van der Waals surface area (Å²) < 4.78 is 35.9. The quantitative estimate of drug-likeness (QED) is 0.268. The molecular weight excluding hydrogens is 570 g/mol. The molecule has 0 amide bonds. The molecule has 1 fully saturated rings. The Morgan fingerprint density at radius 1 is 1.19 bits per heavy atom. The number of nitrogens with one attached hydrogen (secondary N) is 1. The molecule has 0 radical (unpaired) electrons. The van der Waals surface area contributed by atoms with Gasteiger partial charge in [0, 0.05) is 39.1 Å². The van der Waals surface area contributed by atoms with E-state index in [2.05, 4.69) is 24.1 Å². The van der Waals surface area contributed by atoms with Crippen LogP contribution in [-0.4, -0.2) is 28.2 Å². The molecule has 2 atom stereocenters. The first kappa shape index (κ1) is 29.6. The molecule has 226 valence electrons. The third-order valence-electron chi connectivity index (χ3n) is 9.82. The molecule has 8 heteroatoms. The Balaban J connectivity index is 1.24. The van der Waals surface area contributed by atoms with Gasteiger partial charge in [-0.1, -0.05) is 49.2 Å². The van der Waals surface area contributed by atoms with Crippen molar-refractivity contribution >= 4 is 29.3 Å². The second-order valence-corrected chi connectivity index (χ2v) is 13.1. The molecule has 0 unspecified atom stereocenters. The summed E-state index contributed by atoms with van der Waals surface area (Å²) in [4.78, 5) is 17.3. The second-order valence-electron chi connectivity index (χ2n) is 12.7. The number of allylic oxidation sites excluding steroid dienone is 1. The fourth-order valence-electron chi connectivity index (χ4n) is 7.53. The number of carboxylic acid groups (broad SMARTS) is 1. The minimum Gasteiger partial charge on any atom is -0.493 e. The molecular formula is C35H37ClF2N2O3. The number of pyridine rings is 1. The molecule has 1 spiro atoms. The Hall–Kier alpha value is -3.45. The summed E-state index contributed by atoms with van der Waals surface area (Å²) in [7, 11) is 0. The molecule has 43 heavy (non-hydrogen) atoms. The van der Waals surface area contributed by atoms with Gasteiger partial charge in [-0.2, -0.15) is 0 Å². The number of benzene rings is 2.